The van der Waals surface area contributed by atoms with Crippen molar-refractivity contribution in [1.29, 1.82) is 0 Å². The number of aromatic nitrogens is 2. The van der Waals surface area contributed by atoms with Crippen LogP contribution in [0.3, 0.4) is 0 Å². The van der Waals surface area contributed by atoms with E-state index in [1.165, 1.54) is 0 Å². The van der Waals surface area contributed by atoms with Gasteiger partial charge in [-0.2, -0.15) is 5.10 Å². The first-order chi connectivity index (χ1) is 4.75. The minimum atomic E-state index is 0. The van der Waals surface area contributed by atoms with E-state index in [1.54, 1.807) is 13.3 Å². The predicted octanol–water partition coefficient (Wildman–Crippen LogP) is 1.79. The molecule has 58 valence electrons. The van der Waals surface area contributed by atoms with Crippen molar-refractivity contribution in [3.05, 3.63) is 11.8 Å². The molecule has 0 aliphatic heterocycles. The third kappa shape index (κ3) is 1.12. The Morgan fingerprint density at radius 2 is 2.40 bits per heavy atom. The first-order valence-electron chi connectivity index (χ1n) is 3.33. The molecule has 3 heteroatoms. The summed E-state index contributed by atoms with van der Waals surface area (Å²) < 4.78 is 5.03. The van der Waals surface area contributed by atoms with Crippen molar-refractivity contribution in [2.24, 2.45) is 0 Å². The van der Waals surface area contributed by atoms with Crippen molar-refractivity contribution >= 4 is 0 Å². The molecule has 3 nitrogen and oxygen atoms in total. The largest absolute Gasteiger partial charge is 0.481 e. The lowest BCUT2D eigenvalue weighted by molar-refractivity contribution is 0.390. The van der Waals surface area contributed by atoms with Crippen LogP contribution in [0.4, 0.5) is 0 Å². The van der Waals surface area contributed by atoms with Gasteiger partial charge < -0.3 is 4.74 Å². The van der Waals surface area contributed by atoms with Crippen molar-refractivity contribution < 1.29 is 6.16 Å². The number of H-pyrrole nitrogens is 1. The van der Waals surface area contributed by atoms with Crippen LogP contribution in [-0.2, 0) is 0 Å². The maximum absolute atomic E-state index is 5.03. The van der Waals surface area contributed by atoms with Crippen molar-refractivity contribution in [3.8, 4) is 5.88 Å². The zero-order valence-electron chi connectivity index (χ0n) is 6.51. The summed E-state index contributed by atoms with van der Waals surface area (Å²) >= 11 is 0. The summed E-state index contributed by atoms with van der Waals surface area (Å²) in [5, 5.41) is 6.63. The first-order valence-corrected chi connectivity index (χ1v) is 3.33. The van der Waals surface area contributed by atoms with E-state index in [9.17, 15) is 0 Å². The Hall–Kier alpha value is -0.990. The van der Waals surface area contributed by atoms with Crippen LogP contribution in [0.2, 0.25) is 0 Å². The van der Waals surface area contributed by atoms with Gasteiger partial charge in [0.25, 0.3) is 0 Å². The van der Waals surface area contributed by atoms with Gasteiger partial charge in [-0.25, -0.2) is 5.10 Å². The zero-order chi connectivity index (χ0) is 7.56. The quantitative estimate of drug-likeness (QED) is 0.683. The third-order valence-corrected chi connectivity index (χ3v) is 1.46. The average molecular weight is 142 g/mol. The molecular formula is C7H14N2O. The second-order valence-electron chi connectivity index (χ2n) is 2.51. The zero-order valence-corrected chi connectivity index (χ0v) is 6.51. The Kier molecular flexibility index (Phi) is 1.94. The van der Waals surface area contributed by atoms with Gasteiger partial charge in [0.1, 0.15) is 0 Å². The molecule has 0 radical (unpaired) electrons. The smallest absolute Gasteiger partial charge is 0.212 e. The van der Waals surface area contributed by atoms with Crippen molar-refractivity contribution in [2.45, 2.75) is 19.8 Å². The summed E-state index contributed by atoms with van der Waals surface area (Å²) in [5.74, 6) is 1.24. The second kappa shape index (κ2) is 2.73. The standard InChI is InChI=1S/C7H12N2O.H2/c1-5(2)6-4-8-9-7(6)10-3;/h4-5H,1-3H3,(H,8,9);1H. The molecule has 1 aromatic rings. The van der Waals surface area contributed by atoms with Crippen molar-refractivity contribution in [2.75, 3.05) is 7.11 Å². The monoisotopic (exact) mass is 142 g/mol. The van der Waals surface area contributed by atoms with Crippen LogP contribution < -0.4 is 4.74 Å². The normalized spacial score (nSPS) is 10.4. The van der Waals surface area contributed by atoms with Crippen LogP contribution in [0.1, 0.15) is 26.8 Å². The second-order valence-corrected chi connectivity index (χ2v) is 2.51. The van der Waals surface area contributed by atoms with Crippen LogP contribution in [0.5, 0.6) is 5.88 Å². The number of methoxy groups -OCH3 is 1. The van der Waals surface area contributed by atoms with Gasteiger partial charge in [-0.1, -0.05) is 13.8 Å². The molecule has 10 heavy (non-hydrogen) atoms. The highest BCUT2D eigenvalue weighted by Gasteiger charge is 2.07. The number of ether oxygens (including phenoxy) is 1. The maximum atomic E-state index is 5.03. The number of nitrogens with one attached hydrogen (secondary N) is 1. The van der Waals surface area contributed by atoms with Crippen molar-refractivity contribution in [1.82, 2.24) is 10.2 Å². The van der Waals surface area contributed by atoms with Crippen LogP contribution in [0, 0.1) is 0 Å². The van der Waals surface area contributed by atoms with Crippen LogP contribution >= 0.6 is 0 Å². The van der Waals surface area contributed by atoms with Gasteiger partial charge in [0.2, 0.25) is 5.88 Å². The number of hydrogen-bond donors (Lipinski definition) is 1. The lowest BCUT2D eigenvalue weighted by Crippen LogP contribution is -1.90. The fourth-order valence-electron chi connectivity index (χ4n) is 0.858. The van der Waals surface area contributed by atoms with E-state index in [1.807, 2.05) is 0 Å². The van der Waals surface area contributed by atoms with E-state index in [0.29, 0.717) is 5.92 Å². The van der Waals surface area contributed by atoms with E-state index in [0.717, 1.165) is 11.4 Å². The van der Waals surface area contributed by atoms with E-state index < -0.39 is 0 Å². The molecule has 1 N–H and O–H groups in total. The summed E-state index contributed by atoms with van der Waals surface area (Å²) in [6.45, 7) is 4.21. The number of hydrogen-bond acceptors (Lipinski definition) is 2. The molecule has 0 unspecified atom stereocenters. The minimum absolute atomic E-state index is 0. The summed E-state index contributed by atoms with van der Waals surface area (Å²) in [4.78, 5) is 0. The molecule has 0 aliphatic rings. The Balaban J connectivity index is 0.000001000. The topological polar surface area (TPSA) is 37.9 Å². The fourth-order valence-corrected chi connectivity index (χ4v) is 0.858. The number of rotatable bonds is 2. The molecule has 1 heterocycles. The Bertz CT molecular complexity index is 210. The molecule has 0 amide bonds. The van der Waals surface area contributed by atoms with Crippen LogP contribution in [0.25, 0.3) is 0 Å². The Morgan fingerprint density at radius 3 is 2.80 bits per heavy atom. The van der Waals surface area contributed by atoms with Gasteiger partial charge >= 0.3 is 0 Å². The highest BCUT2D eigenvalue weighted by Crippen LogP contribution is 2.22. The molecule has 1 rings (SSSR count). The van der Waals surface area contributed by atoms with E-state index >= 15 is 0 Å². The molecule has 0 atom stereocenters. The summed E-state index contributed by atoms with van der Waals surface area (Å²) in [6.07, 6.45) is 1.80. The van der Waals surface area contributed by atoms with Gasteiger partial charge in [0.05, 0.1) is 13.3 Å². The molecule has 0 fully saturated rings. The van der Waals surface area contributed by atoms with E-state index in [2.05, 4.69) is 24.0 Å². The molecule has 0 saturated carbocycles. The van der Waals surface area contributed by atoms with E-state index in [-0.39, 0.29) is 1.43 Å². The van der Waals surface area contributed by atoms with Crippen molar-refractivity contribution in [3.63, 3.8) is 0 Å². The lowest BCUT2D eigenvalue weighted by atomic mass is 10.1. The number of aromatic amines is 1. The van der Waals surface area contributed by atoms with Crippen LogP contribution in [-0.4, -0.2) is 17.3 Å². The third-order valence-electron chi connectivity index (χ3n) is 1.46. The predicted molar refractivity (Wildman–Crippen MR) is 41.3 cm³/mol. The number of nitrogens with zero attached hydrogens (tertiary/aromatic N) is 1. The average Bonchev–Trinajstić information content (AvgIpc) is 2.33. The highest BCUT2D eigenvalue weighted by atomic mass is 16.5. The molecule has 0 spiro atoms. The van der Waals surface area contributed by atoms with Gasteiger partial charge in [0, 0.05) is 6.99 Å². The molecule has 0 bridgehead atoms. The highest BCUT2D eigenvalue weighted by molar-refractivity contribution is 5.25. The SMILES string of the molecule is COc1[nH]ncc1C(C)C.[HH]. The Morgan fingerprint density at radius 1 is 1.70 bits per heavy atom. The Labute approximate surface area is 61.9 Å². The van der Waals surface area contributed by atoms with Crippen LogP contribution in [0.15, 0.2) is 6.20 Å². The molecule has 0 saturated heterocycles. The molecule has 0 aliphatic carbocycles. The molecule has 0 aromatic carbocycles. The minimum Gasteiger partial charge on any atom is -0.481 e. The van der Waals surface area contributed by atoms with Gasteiger partial charge in [-0.05, 0) is 5.92 Å². The maximum Gasteiger partial charge on any atom is 0.212 e. The first kappa shape index (κ1) is 7.12. The van der Waals surface area contributed by atoms with Gasteiger partial charge in [-0.15, -0.1) is 0 Å². The van der Waals surface area contributed by atoms with Gasteiger partial charge in [0.15, 0.2) is 0 Å². The summed E-state index contributed by atoms with van der Waals surface area (Å²) in [5.41, 5.74) is 1.13. The van der Waals surface area contributed by atoms with Gasteiger partial charge in [-0.3, -0.25) is 0 Å². The van der Waals surface area contributed by atoms with E-state index in [4.69, 9.17) is 4.74 Å². The lowest BCUT2D eigenvalue weighted by Gasteiger charge is -2.02. The molecular weight excluding hydrogens is 128 g/mol. The fraction of sp³-hybridized carbons (Fsp3) is 0.571. The molecule has 1 aromatic heterocycles. The summed E-state index contributed by atoms with van der Waals surface area (Å²) in [6, 6.07) is 0. The summed E-state index contributed by atoms with van der Waals surface area (Å²) in [7, 11) is 1.64.